The van der Waals surface area contributed by atoms with Gasteiger partial charge in [0, 0.05) is 18.8 Å². The Morgan fingerprint density at radius 3 is 2.76 bits per heavy atom. The Hall–Kier alpha value is -1.18. The van der Waals surface area contributed by atoms with E-state index in [0.29, 0.717) is 6.42 Å². The SMILES string of the molecule is Nc1ccc(F)c(S(=O)(=O)N2CC[C@@H](O)C2)c1. The first-order chi connectivity index (χ1) is 7.91. The van der Waals surface area contributed by atoms with Gasteiger partial charge < -0.3 is 10.8 Å². The summed E-state index contributed by atoms with van der Waals surface area (Å²) < 4.78 is 38.7. The quantitative estimate of drug-likeness (QED) is 0.742. The van der Waals surface area contributed by atoms with Gasteiger partial charge in [-0.1, -0.05) is 0 Å². The second-order valence-electron chi connectivity index (χ2n) is 4.00. The van der Waals surface area contributed by atoms with Crippen molar-refractivity contribution in [3.63, 3.8) is 0 Å². The molecule has 1 aromatic carbocycles. The number of β-amino-alcohol motifs (C(OH)–C–C–N with tert-alkyl or cyclic N) is 1. The summed E-state index contributed by atoms with van der Waals surface area (Å²) in [4.78, 5) is -0.438. The van der Waals surface area contributed by atoms with Crippen molar-refractivity contribution in [2.24, 2.45) is 0 Å². The van der Waals surface area contributed by atoms with E-state index in [9.17, 15) is 17.9 Å². The van der Waals surface area contributed by atoms with Crippen LogP contribution in [0.5, 0.6) is 0 Å². The number of rotatable bonds is 2. The topological polar surface area (TPSA) is 83.6 Å². The summed E-state index contributed by atoms with van der Waals surface area (Å²) in [6, 6.07) is 3.41. The third-order valence-corrected chi connectivity index (χ3v) is 4.58. The van der Waals surface area contributed by atoms with Crippen LogP contribution in [0.3, 0.4) is 0 Å². The fourth-order valence-electron chi connectivity index (χ4n) is 1.79. The highest BCUT2D eigenvalue weighted by atomic mass is 32.2. The van der Waals surface area contributed by atoms with Crippen molar-refractivity contribution in [2.75, 3.05) is 18.8 Å². The Balaban J connectivity index is 2.41. The van der Waals surface area contributed by atoms with Gasteiger partial charge in [0.15, 0.2) is 0 Å². The second-order valence-corrected chi connectivity index (χ2v) is 5.90. The largest absolute Gasteiger partial charge is 0.399 e. The van der Waals surface area contributed by atoms with Crippen molar-refractivity contribution in [3.8, 4) is 0 Å². The number of aliphatic hydroxyl groups is 1. The summed E-state index contributed by atoms with van der Waals surface area (Å²) in [5, 5.41) is 9.31. The highest BCUT2D eigenvalue weighted by Crippen LogP contribution is 2.24. The molecule has 0 unspecified atom stereocenters. The normalized spacial score (nSPS) is 21.9. The van der Waals surface area contributed by atoms with Crippen LogP contribution in [-0.2, 0) is 10.0 Å². The minimum absolute atomic E-state index is 0.00340. The van der Waals surface area contributed by atoms with E-state index in [1.54, 1.807) is 0 Å². The summed E-state index contributed by atoms with van der Waals surface area (Å²) in [7, 11) is -3.91. The molecule has 0 aliphatic carbocycles. The molecule has 1 fully saturated rings. The average molecular weight is 260 g/mol. The van der Waals surface area contributed by atoms with E-state index in [4.69, 9.17) is 5.73 Å². The van der Waals surface area contributed by atoms with Crippen LogP contribution in [0.25, 0.3) is 0 Å². The summed E-state index contributed by atoms with van der Waals surface area (Å²) in [5.74, 6) is -0.833. The minimum Gasteiger partial charge on any atom is -0.399 e. The molecule has 0 amide bonds. The van der Waals surface area contributed by atoms with Crippen LogP contribution in [0.4, 0.5) is 10.1 Å². The summed E-state index contributed by atoms with van der Waals surface area (Å²) in [6.45, 7) is 0.189. The Morgan fingerprint density at radius 2 is 2.18 bits per heavy atom. The van der Waals surface area contributed by atoms with Crippen LogP contribution in [-0.4, -0.2) is 37.0 Å². The molecule has 17 heavy (non-hydrogen) atoms. The Labute approximate surface area is 98.7 Å². The Bertz CT molecular complexity index is 532. The molecular weight excluding hydrogens is 247 g/mol. The van der Waals surface area contributed by atoms with E-state index in [2.05, 4.69) is 0 Å². The Kier molecular flexibility index (Phi) is 3.07. The molecule has 1 saturated heterocycles. The molecule has 1 aliphatic heterocycles. The first kappa shape index (κ1) is 12.3. The van der Waals surface area contributed by atoms with Gasteiger partial charge in [0.25, 0.3) is 0 Å². The summed E-state index contributed by atoms with van der Waals surface area (Å²) >= 11 is 0. The molecule has 7 heteroatoms. The minimum atomic E-state index is -3.91. The number of anilines is 1. The molecule has 0 aromatic heterocycles. The van der Waals surface area contributed by atoms with Gasteiger partial charge in [-0.15, -0.1) is 0 Å². The Morgan fingerprint density at radius 1 is 1.47 bits per heavy atom. The number of nitrogens with zero attached hydrogens (tertiary/aromatic N) is 1. The molecule has 1 atom stereocenters. The van der Waals surface area contributed by atoms with Gasteiger partial charge in [-0.25, -0.2) is 12.8 Å². The predicted molar refractivity (Wildman–Crippen MR) is 60.2 cm³/mol. The maximum atomic E-state index is 13.5. The fourth-order valence-corrected chi connectivity index (χ4v) is 3.38. The van der Waals surface area contributed by atoms with E-state index < -0.39 is 26.8 Å². The molecule has 94 valence electrons. The van der Waals surface area contributed by atoms with Crippen molar-refractivity contribution in [2.45, 2.75) is 17.4 Å². The molecule has 1 aromatic rings. The zero-order valence-electron chi connectivity index (χ0n) is 9.01. The third-order valence-electron chi connectivity index (χ3n) is 2.70. The molecule has 1 aliphatic rings. The summed E-state index contributed by atoms with van der Waals surface area (Å²) in [5.41, 5.74) is 5.64. The number of hydrogen-bond acceptors (Lipinski definition) is 4. The molecule has 1 heterocycles. The van der Waals surface area contributed by atoms with Crippen LogP contribution in [0.1, 0.15) is 6.42 Å². The lowest BCUT2D eigenvalue weighted by molar-refractivity contribution is 0.189. The maximum Gasteiger partial charge on any atom is 0.246 e. The van der Waals surface area contributed by atoms with E-state index in [1.165, 1.54) is 6.07 Å². The van der Waals surface area contributed by atoms with Crippen molar-refractivity contribution in [1.29, 1.82) is 0 Å². The average Bonchev–Trinajstić information content (AvgIpc) is 2.69. The van der Waals surface area contributed by atoms with Gasteiger partial charge in [0.1, 0.15) is 10.7 Å². The van der Waals surface area contributed by atoms with Crippen molar-refractivity contribution >= 4 is 15.7 Å². The van der Waals surface area contributed by atoms with Crippen LogP contribution < -0.4 is 5.73 Å². The summed E-state index contributed by atoms with van der Waals surface area (Å²) in [6.07, 6.45) is -0.322. The molecule has 5 nitrogen and oxygen atoms in total. The number of benzene rings is 1. The molecule has 0 saturated carbocycles. The number of halogens is 1. The second kappa shape index (κ2) is 4.25. The van der Waals surface area contributed by atoms with Crippen molar-refractivity contribution in [3.05, 3.63) is 24.0 Å². The smallest absolute Gasteiger partial charge is 0.246 e. The number of nitrogens with two attached hydrogens (primary N) is 1. The standard InChI is InChI=1S/C10H13FN2O3S/c11-9-2-1-7(12)5-10(9)17(15,16)13-4-3-8(14)6-13/h1-2,5,8,14H,3-4,6,12H2/t8-/m1/s1. The van der Waals surface area contributed by atoms with Crippen LogP contribution in [0, 0.1) is 5.82 Å². The number of hydrogen-bond donors (Lipinski definition) is 2. The van der Waals surface area contributed by atoms with Crippen LogP contribution in [0.15, 0.2) is 23.1 Å². The van der Waals surface area contributed by atoms with Gasteiger partial charge in [-0.3, -0.25) is 0 Å². The van der Waals surface area contributed by atoms with Gasteiger partial charge in [0.05, 0.1) is 6.10 Å². The number of nitrogen functional groups attached to an aromatic ring is 1. The van der Waals surface area contributed by atoms with Crippen LogP contribution in [0.2, 0.25) is 0 Å². The first-order valence-electron chi connectivity index (χ1n) is 5.14. The molecular formula is C10H13FN2O3S. The molecule has 0 bridgehead atoms. The fraction of sp³-hybridized carbons (Fsp3) is 0.400. The third kappa shape index (κ3) is 2.26. The monoisotopic (exact) mass is 260 g/mol. The molecule has 3 N–H and O–H groups in total. The first-order valence-corrected chi connectivity index (χ1v) is 6.58. The molecule has 2 rings (SSSR count). The van der Waals surface area contributed by atoms with Crippen molar-refractivity contribution in [1.82, 2.24) is 4.31 Å². The predicted octanol–water partition coefficient (Wildman–Crippen LogP) is 0.163. The van der Waals surface area contributed by atoms with Gasteiger partial charge >= 0.3 is 0 Å². The van der Waals surface area contributed by atoms with Gasteiger partial charge in [-0.05, 0) is 24.6 Å². The highest BCUT2D eigenvalue weighted by molar-refractivity contribution is 7.89. The zero-order valence-corrected chi connectivity index (χ0v) is 9.82. The lowest BCUT2D eigenvalue weighted by Crippen LogP contribution is -2.30. The van der Waals surface area contributed by atoms with E-state index in [0.717, 1.165) is 16.4 Å². The lowest BCUT2D eigenvalue weighted by atomic mass is 10.3. The number of aliphatic hydroxyl groups excluding tert-OH is 1. The van der Waals surface area contributed by atoms with E-state index >= 15 is 0 Å². The van der Waals surface area contributed by atoms with Gasteiger partial charge in [0.2, 0.25) is 10.0 Å². The highest BCUT2D eigenvalue weighted by Gasteiger charge is 2.33. The molecule has 0 spiro atoms. The molecule has 0 radical (unpaired) electrons. The van der Waals surface area contributed by atoms with E-state index in [1.807, 2.05) is 0 Å². The van der Waals surface area contributed by atoms with Crippen molar-refractivity contribution < 1.29 is 17.9 Å². The van der Waals surface area contributed by atoms with Crippen LogP contribution >= 0.6 is 0 Å². The van der Waals surface area contributed by atoms with Gasteiger partial charge in [-0.2, -0.15) is 4.31 Å². The number of sulfonamides is 1. The van der Waals surface area contributed by atoms with E-state index in [-0.39, 0.29) is 18.8 Å². The maximum absolute atomic E-state index is 13.5. The zero-order chi connectivity index (χ0) is 12.6. The lowest BCUT2D eigenvalue weighted by Gasteiger charge is -2.16.